The molecule has 3 N–H and O–H groups in total. The summed E-state index contributed by atoms with van der Waals surface area (Å²) < 4.78 is 28.1. The number of benzene rings is 2. The van der Waals surface area contributed by atoms with Gasteiger partial charge < -0.3 is 10.4 Å². The lowest BCUT2D eigenvalue weighted by Crippen LogP contribution is -2.21. The van der Waals surface area contributed by atoms with E-state index in [-0.39, 0.29) is 28.9 Å². The molecule has 0 aliphatic rings. The van der Waals surface area contributed by atoms with Gasteiger partial charge in [0, 0.05) is 17.9 Å². The van der Waals surface area contributed by atoms with Crippen LogP contribution in [0.15, 0.2) is 70.7 Å². The molecule has 1 heterocycles. The highest BCUT2D eigenvalue weighted by atomic mass is 32.2. The van der Waals surface area contributed by atoms with Gasteiger partial charge in [-0.25, -0.2) is 18.4 Å². The molecule has 0 fully saturated rings. The van der Waals surface area contributed by atoms with Gasteiger partial charge in [-0.05, 0) is 30.7 Å². The second-order valence-electron chi connectivity index (χ2n) is 6.67. The standard InChI is InChI=1S/C21H21N5O3S2/c1-15(13-27)23-19-11-20(25-21(24-19)30-14-16-6-3-2-4-7-16)26-31(28,29)18-9-5-8-17(10-18)12-22/h2-11,15,27H,13-14H2,1H3,(H2,23,24,25,26)/t15-/m1/s1. The summed E-state index contributed by atoms with van der Waals surface area (Å²) in [7, 11) is -3.96. The maximum absolute atomic E-state index is 12.8. The lowest BCUT2D eigenvalue weighted by molar-refractivity contribution is 0.281. The zero-order chi connectivity index (χ0) is 22.3. The maximum atomic E-state index is 12.8. The monoisotopic (exact) mass is 455 g/mol. The van der Waals surface area contributed by atoms with Gasteiger partial charge in [0.1, 0.15) is 11.6 Å². The quantitative estimate of drug-likeness (QED) is 0.331. The molecule has 0 unspecified atom stereocenters. The summed E-state index contributed by atoms with van der Waals surface area (Å²) in [5.41, 5.74) is 1.32. The van der Waals surface area contributed by atoms with E-state index in [2.05, 4.69) is 20.0 Å². The summed E-state index contributed by atoms with van der Waals surface area (Å²) in [6, 6.07) is 18.6. The van der Waals surface area contributed by atoms with Crippen molar-refractivity contribution < 1.29 is 13.5 Å². The Kier molecular flexibility index (Phi) is 7.46. The van der Waals surface area contributed by atoms with Gasteiger partial charge in [0.25, 0.3) is 10.0 Å². The fourth-order valence-electron chi connectivity index (χ4n) is 2.57. The second kappa shape index (κ2) is 10.3. The first kappa shape index (κ1) is 22.6. The molecule has 0 aliphatic heterocycles. The molecule has 0 aliphatic carbocycles. The number of aliphatic hydroxyl groups is 1. The molecule has 160 valence electrons. The number of thioether (sulfide) groups is 1. The van der Waals surface area contributed by atoms with Crippen molar-refractivity contribution in [2.24, 2.45) is 0 Å². The highest BCUT2D eigenvalue weighted by Crippen LogP contribution is 2.25. The maximum Gasteiger partial charge on any atom is 0.263 e. The minimum Gasteiger partial charge on any atom is -0.394 e. The van der Waals surface area contributed by atoms with Crippen molar-refractivity contribution >= 4 is 33.4 Å². The van der Waals surface area contributed by atoms with Crippen LogP contribution >= 0.6 is 11.8 Å². The van der Waals surface area contributed by atoms with Crippen LogP contribution in [0.3, 0.4) is 0 Å². The minimum atomic E-state index is -3.96. The third-order valence-electron chi connectivity index (χ3n) is 4.10. The van der Waals surface area contributed by atoms with Gasteiger partial charge in [-0.15, -0.1) is 0 Å². The summed E-state index contributed by atoms with van der Waals surface area (Å²) in [4.78, 5) is 8.71. The van der Waals surface area contributed by atoms with E-state index in [0.29, 0.717) is 16.7 Å². The Morgan fingerprint density at radius 3 is 2.55 bits per heavy atom. The zero-order valence-electron chi connectivity index (χ0n) is 16.7. The Morgan fingerprint density at radius 1 is 1.10 bits per heavy atom. The molecule has 1 aromatic heterocycles. The van der Waals surface area contributed by atoms with Crippen LogP contribution in [0.1, 0.15) is 18.1 Å². The van der Waals surface area contributed by atoms with Crippen molar-refractivity contribution in [1.29, 1.82) is 5.26 Å². The Labute approximate surface area is 185 Å². The minimum absolute atomic E-state index is 0.0399. The summed E-state index contributed by atoms with van der Waals surface area (Å²) in [6.45, 7) is 1.66. The third-order valence-corrected chi connectivity index (χ3v) is 6.37. The molecule has 0 saturated heterocycles. The predicted molar refractivity (Wildman–Crippen MR) is 120 cm³/mol. The largest absolute Gasteiger partial charge is 0.394 e. The number of nitriles is 1. The van der Waals surface area contributed by atoms with Gasteiger partial charge in [-0.1, -0.05) is 48.2 Å². The molecular weight excluding hydrogens is 434 g/mol. The topological polar surface area (TPSA) is 128 Å². The predicted octanol–water partition coefficient (Wildman–Crippen LogP) is 3.23. The summed E-state index contributed by atoms with van der Waals surface area (Å²) in [5, 5.41) is 21.8. The molecule has 3 rings (SSSR count). The van der Waals surface area contributed by atoms with Crippen molar-refractivity contribution in [1.82, 2.24) is 9.97 Å². The van der Waals surface area contributed by atoms with Crippen LogP contribution < -0.4 is 10.0 Å². The van der Waals surface area contributed by atoms with Crippen LogP contribution in [0, 0.1) is 11.3 Å². The number of aliphatic hydroxyl groups excluding tert-OH is 1. The number of anilines is 2. The first-order chi connectivity index (χ1) is 14.9. The van der Waals surface area contributed by atoms with E-state index in [9.17, 15) is 13.5 Å². The summed E-state index contributed by atoms with van der Waals surface area (Å²) in [6.07, 6.45) is 0. The van der Waals surface area contributed by atoms with Gasteiger partial charge in [-0.2, -0.15) is 5.26 Å². The van der Waals surface area contributed by atoms with Gasteiger partial charge in [0.05, 0.1) is 23.1 Å². The number of hydrogen-bond donors (Lipinski definition) is 3. The summed E-state index contributed by atoms with van der Waals surface area (Å²) in [5.74, 6) is 1.08. The molecule has 8 nitrogen and oxygen atoms in total. The van der Waals surface area contributed by atoms with Gasteiger partial charge in [0.15, 0.2) is 5.16 Å². The van der Waals surface area contributed by atoms with Gasteiger partial charge >= 0.3 is 0 Å². The first-order valence-corrected chi connectivity index (χ1v) is 11.8. The number of nitrogens with zero attached hydrogens (tertiary/aromatic N) is 3. The molecule has 10 heteroatoms. The van der Waals surface area contributed by atoms with Crippen molar-refractivity contribution in [3.63, 3.8) is 0 Å². The molecule has 1 atom stereocenters. The normalized spacial score (nSPS) is 12.0. The highest BCUT2D eigenvalue weighted by molar-refractivity contribution is 7.98. The van der Waals surface area contributed by atoms with Crippen LogP contribution in [0.5, 0.6) is 0 Å². The van der Waals surface area contributed by atoms with Crippen LogP contribution in [0.4, 0.5) is 11.6 Å². The van der Waals surface area contributed by atoms with Crippen LogP contribution in [-0.4, -0.2) is 36.1 Å². The van der Waals surface area contributed by atoms with Crippen molar-refractivity contribution in [2.75, 3.05) is 16.6 Å². The molecule has 0 radical (unpaired) electrons. The van der Waals surface area contributed by atoms with Gasteiger partial charge in [-0.3, -0.25) is 4.72 Å². The molecule has 2 aromatic carbocycles. The number of aromatic nitrogens is 2. The Balaban J connectivity index is 1.88. The number of hydrogen-bond acceptors (Lipinski definition) is 8. The van der Waals surface area contributed by atoms with Crippen molar-refractivity contribution in [3.8, 4) is 6.07 Å². The van der Waals surface area contributed by atoms with E-state index in [1.54, 1.807) is 6.92 Å². The molecule has 0 spiro atoms. The lowest BCUT2D eigenvalue weighted by Gasteiger charge is -2.14. The number of rotatable bonds is 9. The summed E-state index contributed by atoms with van der Waals surface area (Å²) >= 11 is 1.36. The molecule has 0 amide bonds. The fourth-order valence-corrected chi connectivity index (χ4v) is 4.42. The second-order valence-corrected chi connectivity index (χ2v) is 9.29. The Bertz CT molecular complexity index is 1180. The lowest BCUT2D eigenvalue weighted by atomic mass is 10.2. The highest BCUT2D eigenvalue weighted by Gasteiger charge is 2.17. The van der Waals surface area contributed by atoms with E-state index < -0.39 is 10.0 Å². The van der Waals surface area contributed by atoms with Crippen molar-refractivity contribution in [3.05, 3.63) is 71.8 Å². The third kappa shape index (κ3) is 6.42. The van der Waals surface area contributed by atoms with Crippen LogP contribution in [-0.2, 0) is 15.8 Å². The van der Waals surface area contributed by atoms with Crippen LogP contribution in [0.25, 0.3) is 0 Å². The van der Waals surface area contributed by atoms with E-state index >= 15 is 0 Å². The average molecular weight is 456 g/mol. The molecule has 0 bridgehead atoms. The molecule has 31 heavy (non-hydrogen) atoms. The zero-order valence-corrected chi connectivity index (χ0v) is 18.3. The first-order valence-electron chi connectivity index (χ1n) is 9.36. The van der Waals surface area contributed by atoms with Gasteiger partial charge in [0.2, 0.25) is 0 Å². The molecule has 3 aromatic rings. The number of nitrogens with one attached hydrogen (secondary N) is 2. The average Bonchev–Trinajstić information content (AvgIpc) is 2.78. The number of sulfonamides is 1. The van der Waals surface area contributed by atoms with Crippen molar-refractivity contribution in [2.45, 2.75) is 28.8 Å². The molecule has 0 saturated carbocycles. The molecular formula is C21H21N5O3S2. The Hall–Kier alpha value is -3.13. The van der Waals surface area contributed by atoms with E-state index in [1.807, 2.05) is 36.4 Å². The fraction of sp³-hybridized carbons (Fsp3) is 0.190. The Morgan fingerprint density at radius 2 is 1.84 bits per heavy atom. The smallest absolute Gasteiger partial charge is 0.263 e. The van der Waals surface area contributed by atoms with Crippen LogP contribution in [0.2, 0.25) is 0 Å². The van der Waals surface area contributed by atoms with E-state index in [0.717, 1.165) is 5.56 Å². The SMILES string of the molecule is C[C@H](CO)Nc1cc(NS(=O)(=O)c2cccc(C#N)c2)nc(SCc2ccccc2)n1. The van der Waals surface area contributed by atoms with E-state index in [1.165, 1.54) is 42.1 Å². The van der Waals surface area contributed by atoms with E-state index in [4.69, 9.17) is 5.26 Å².